The van der Waals surface area contributed by atoms with Gasteiger partial charge in [0, 0.05) is 6.07 Å². The summed E-state index contributed by atoms with van der Waals surface area (Å²) in [6.45, 7) is 0. The molecule has 4 heteroatoms. The van der Waals surface area contributed by atoms with Crippen LogP contribution < -0.4 is 0 Å². The van der Waals surface area contributed by atoms with E-state index >= 15 is 0 Å². The summed E-state index contributed by atoms with van der Waals surface area (Å²) in [6.07, 6.45) is 3.45. The minimum atomic E-state index is -0.406. The van der Waals surface area contributed by atoms with Crippen molar-refractivity contribution in [1.82, 2.24) is 0 Å². The molecule has 0 saturated heterocycles. The van der Waals surface area contributed by atoms with Gasteiger partial charge in [0.15, 0.2) is 0 Å². The van der Waals surface area contributed by atoms with Crippen LogP contribution in [0.5, 0.6) is 5.75 Å². The zero-order chi connectivity index (χ0) is 13.0. The number of nitro benzene ring substituents is 1. The third-order valence-corrected chi connectivity index (χ3v) is 2.48. The lowest BCUT2D eigenvalue weighted by Crippen LogP contribution is -1.90. The SMILES string of the molecule is O=[N+]([O-])c1ccccc1C=Cc1ccc(O)cc1. The Kier molecular flexibility index (Phi) is 3.38. The molecule has 0 bridgehead atoms. The molecular formula is C14H11NO3. The maximum atomic E-state index is 10.8. The first-order chi connectivity index (χ1) is 8.66. The average Bonchev–Trinajstić information content (AvgIpc) is 2.38. The molecule has 0 aromatic heterocycles. The fourth-order valence-electron chi connectivity index (χ4n) is 1.57. The molecule has 0 radical (unpaired) electrons. The molecule has 0 heterocycles. The Morgan fingerprint density at radius 1 is 1.00 bits per heavy atom. The summed E-state index contributed by atoms with van der Waals surface area (Å²) >= 11 is 0. The van der Waals surface area contributed by atoms with E-state index in [0.717, 1.165) is 5.56 Å². The molecule has 0 saturated carbocycles. The Bertz CT molecular complexity index is 588. The van der Waals surface area contributed by atoms with Gasteiger partial charge in [-0.2, -0.15) is 0 Å². The van der Waals surface area contributed by atoms with E-state index in [1.165, 1.54) is 6.07 Å². The lowest BCUT2D eigenvalue weighted by molar-refractivity contribution is -0.385. The van der Waals surface area contributed by atoms with Crippen LogP contribution in [0.15, 0.2) is 48.5 Å². The van der Waals surface area contributed by atoms with Gasteiger partial charge in [0.1, 0.15) is 5.75 Å². The molecule has 0 amide bonds. The quantitative estimate of drug-likeness (QED) is 0.508. The zero-order valence-corrected chi connectivity index (χ0v) is 9.48. The highest BCUT2D eigenvalue weighted by molar-refractivity contribution is 5.74. The third kappa shape index (κ3) is 2.74. The van der Waals surface area contributed by atoms with Gasteiger partial charge in [-0.05, 0) is 29.8 Å². The molecular weight excluding hydrogens is 230 g/mol. The second-order valence-electron chi connectivity index (χ2n) is 3.74. The molecule has 0 aliphatic carbocycles. The Morgan fingerprint density at radius 2 is 1.67 bits per heavy atom. The van der Waals surface area contributed by atoms with Gasteiger partial charge in [-0.15, -0.1) is 0 Å². The van der Waals surface area contributed by atoms with Gasteiger partial charge in [-0.1, -0.05) is 30.3 Å². The van der Waals surface area contributed by atoms with Crippen molar-refractivity contribution in [3.05, 3.63) is 69.8 Å². The highest BCUT2D eigenvalue weighted by Crippen LogP contribution is 2.20. The number of nitrogens with zero attached hydrogens (tertiary/aromatic N) is 1. The molecule has 2 rings (SSSR count). The summed E-state index contributed by atoms with van der Waals surface area (Å²) < 4.78 is 0. The predicted octanol–water partition coefficient (Wildman–Crippen LogP) is 3.47. The van der Waals surface area contributed by atoms with Gasteiger partial charge in [-0.3, -0.25) is 10.1 Å². The molecule has 0 atom stereocenters. The molecule has 90 valence electrons. The number of hydrogen-bond donors (Lipinski definition) is 1. The summed E-state index contributed by atoms with van der Waals surface area (Å²) in [4.78, 5) is 10.4. The van der Waals surface area contributed by atoms with Gasteiger partial charge >= 0.3 is 0 Å². The van der Waals surface area contributed by atoms with Crippen molar-refractivity contribution < 1.29 is 10.0 Å². The van der Waals surface area contributed by atoms with E-state index in [1.54, 1.807) is 54.6 Å². The zero-order valence-electron chi connectivity index (χ0n) is 9.48. The number of phenolic OH excluding ortho intramolecular Hbond substituents is 1. The fraction of sp³-hybridized carbons (Fsp3) is 0. The van der Waals surface area contributed by atoms with Crippen molar-refractivity contribution in [2.45, 2.75) is 0 Å². The molecule has 2 aromatic carbocycles. The van der Waals surface area contributed by atoms with Gasteiger partial charge in [0.25, 0.3) is 5.69 Å². The standard InChI is InChI=1S/C14H11NO3/c16-13-9-6-11(7-10-13)5-8-12-3-1-2-4-14(12)15(17)18/h1-10,16H. The first kappa shape index (κ1) is 11.9. The number of rotatable bonds is 3. The highest BCUT2D eigenvalue weighted by atomic mass is 16.6. The van der Waals surface area contributed by atoms with Crippen LogP contribution in [0.3, 0.4) is 0 Å². The minimum Gasteiger partial charge on any atom is -0.508 e. The summed E-state index contributed by atoms with van der Waals surface area (Å²) in [5.74, 6) is 0.192. The normalized spacial score (nSPS) is 10.7. The van der Waals surface area contributed by atoms with Crippen molar-refractivity contribution in [2.75, 3.05) is 0 Å². The second kappa shape index (κ2) is 5.14. The van der Waals surface area contributed by atoms with Crippen molar-refractivity contribution in [1.29, 1.82) is 0 Å². The van der Waals surface area contributed by atoms with E-state index in [2.05, 4.69) is 0 Å². The molecule has 0 unspecified atom stereocenters. The molecule has 18 heavy (non-hydrogen) atoms. The van der Waals surface area contributed by atoms with Crippen molar-refractivity contribution in [3.63, 3.8) is 0 Å². The maximum Gasteiger partial charge on any atom is 0.276 e. The Hall–Kier alpha value is -2.62. The molecule has 1 N–H and O–H groups in total. The lowest BCUT2D eigenvalue weighted by atomic mass is 10.1. The number of benzene rings is 2. The number of para-hydroxylation sites is 1. The van der Waals surface area contributed by atoms with Crippen molar-refractivity contribution in [3.8, 4) is 5.75 Å². The molecule has 0 aliphatic rings. The van der Waals surface area contributed by atoms with Crippen LogP contribution in [-0.2, 0) is 0 Å². The lowest BCUT2D eigenvalue weighted by Gasteiger charge is -1.97. The van der Waals surface area contributed by atoms with E-state index in [0.29, 0.717) is 5.56 Å². The van der Waals surface area contributed by atoms with Crippen LogP contribution in [0.1, 0.15) is 11.1 Å². The first-order valence-corrected chi connectivity index (χ1v) is 5.37. The third-order valence-electron chi connectivity index (χ3n) is 2.48. The van der Waals surface area contributed by atoms with Gasteiger partial charge in [0.05, 0.1) is 10.5 Å². The van der Waals surface area contributed by atoms with Crippen LogP contribution in [-0.4, -0.2) is 10.0 Å². The van der Waals surface area contributed by atoms with Crippen LogP contribution in [0.4, 0.5) is 5.69 Å². The molecule has 0 aliphatic heterocycles. The van der Waals surface area contributed by atoms with Crippen LogP contribution in [0.2, 0.25) is 0 Å². The van der Waals surface area contributed by atoms with Gasteiger partial charge < -0.3 is 5.11 Å². The summed E-state index contributed by atoms with van der Waals surface area (Å²) in [5, 5.41) is 20.0. The Labute approximate surface area is 104 Å². The molecule has 0 spiro atoms. The van der Waals surface area contributed by atoms with E-state index in [-0.39, 0.29) is 11.4 Å². The van der Waals surface area contributed by atoms with E-state index < -0.39 is 4.92 Å². The van der Waals surface area contributed by atoms with Crippen LogP contribution in [0.25, 0.3) is 12.2 Å². The van der Waals surface area contributed by atoms with Gasteiger partial charge in [0.2, 0.25) is 0 Å². The molecule has 2 aromatic rings. The average molecular weight is 241 g/mol. The van der Waals surface area contributed by atoms with Crippen molar-refractivity contribution in [2.24, 2.45) is 0 Å². The fourth-order valence-corrected chi connectivity index (χ4v) is 1.57. The van der Waals surface area contributed by atoms with Gasteiger partial charge in [-0.25, -0.2) is 0 Å². The number of nitro groups is 1. The first-order valence-electron chi connectivity index (χ1n) is 5.37. The Balaban J connectivity index is 2.29. The maximum absolute atomic E-state index is 10.8. The summed E-state index contributed by atoms with van der Waals surface area (Å²) in [7, 11) is 0. The van der Waals surface area contributed by atoms with Crippen LogP contribution in [0, 0.1) is 10.1 Å². The molecule has 0 fully saturated rings. The number of aromatic hydroxyl groups is 1. The highest BCUT2D eigenvalue weighted by Gasteiger charge is 2.08. The van der Waals surface area contributed by atoms with E-state index in [9.17, 15) is 10.1 Å². The van der Waals surface area contributed by atoms with E-state index in [4.69, 9.17) is 5.11 Å². The monoisotopic (exact) mass is 241 g/mol. The smallest absolute Gasteiger partial charge is 0.276 e. The molecule has 4 nitrogen and oxygen atoms in total. The summed E-state index contributed by atoms with van der Waals surface area (Å²) in [6, 6.07) is 13.2. The predicted molar refractivity (Wildman–Crippen MR) is 70.1 cm³/mol. The van der Waals surface area contributed by atoms with E-state index in [1.807, 2.05) is 0 Å². The number of hydrogen-bond acceptors (Lipinski definition) is 3. The second-order valence-corrected chi connectivity index (χ2v) is 3.74. The number of phenols is 1. The van der Waals surface area contributed by atoms with Crippen molar-refractivity contribution >= 4 is 17.8 Å². The largest absolute Gasteiger partial charge is 0.508 e. The topological polar surface area (TPSA) is 63.4 Å². The summed E-state index contributed by atoms with van der Waals surface area (Å²) in [5.41, 5.74) is 1.49. The minimum absolute atomic E-state index is 0.0764. The Morgan fingerprint density at radius 3 is 2.33 bits per heavy atom. The van der Waals surface area contributed by atoms with Crippen LogP contribution >= 0.6 is 0 Å².